The van der Waals surface area contributed by atoms with Crippen molar-refractivity contribution >= 4 is 15.9 Å². The first-order chi connectivity index (χ1) is 9.90. The second kappa shape index (κ2) is 6.79. The molecule has 0 spiro atoms. The van der Waals surface area contributed by atoms with Gasteiger partial charge >= 0.3 is 0 Å². The molecule has 0 fully saturated rings. The summed E-state index contributed by atoms with van der Waals surface area (Å²) in [4.78, 5) is 0.260. The number of hydrogen-bond donors (Lipinski definition) is 0. The predicted octanol–water partition coefficient (Wildman–Crippen LogP) is 6.73. The van der Waals surface area contributed by atoms with E-state index in [1.807, 2.05) is 0 Å². The highest BCUT2D eigenvalue weighted by Gasteiger charge is 2.17. The molecule has 1 unspecified atom stereocenters. The Morgan fingerprint density at radius 3 is 2.05 bits per heavy atom. The molecular formula is C20H25Br. The lowest BCUT2D eigenvalue weighted by molar-refractivity contribution is 0.820. The van der Waals surface area contributed by atoms with Crippen molar-refractivity contribution < 1.29 is 0 Å². The van der Waals surface area contributed by atoms with Crippen LogP contribution in [-0.4, -0.2) is 0 Å². The van der Waals surface area contributed by atoms with E-state index in [1.165, 1.54) is 27.8 Å². The molecular weight excluding hydrogens is 320 g/mol. The Morgan fingerprint density at radius 1 is 0.762 bits per heavy atom. The van der Waals surface area contributed by atoms with Crippen LogP contribution in [0, 0.1) is 6.92 Å². The number of rotatable bonds is 4. The maximum absolute atomic E-state index is 3.91. The van der Waals surface area contributed by atoms with Crippen molar-refractivity contribution in [2.75, 3.05) is 0 Å². The molecule has 0 aromatic heterocycles. The van der Waals surface area contributed by atoms with Crippen molar-refractivity contribution in [3.63, 3.8) is 0 Å². The van der Waals surface area contributed by atoms with Crippen LogP contribution >= 0.6 is 15.9 Å². The van der Waals surface area contributed by atoms with Gasteiger partial charge in [0.25, 0.3) is 0 Å². The number of alkyl halides is 1. The zero-order chi connectivity index (χ0) is 15.6. The summed E-state index contributed by atoms with van der Waals surface area (Å²) in [5, 5.41) is 0. The maximum atomic E-state index is 3.91. The van der Waals surface area contributed by atoms with Crippen LogP contribution in [0.5, 0.6) is 0 Å². The highest BCUT2D eigenvalue weighted by molar-refractivity contribution is 9.09. The van der Waals surface area contributed by atoms with E-state index in [9.17, 15) is 0 Å². The van der Waals surface area contributed by atoms with Gasteiger partial charge < -0.3 is 0 Å². The van der Waals surface area contributed by atoms with Crippen LogP contribution in [0.1, 0.15) is 72.2 Å². The number of aryl methyl sites for hydroxylation is 1. The van der Waals surface area contributed by atoms with Gasteiger partial charge in [-0.25, -0.2) is 0 Å². The molecule has 0 aliphatic rings. The third kappa shape index (κ3) is 3.77. The average molecular weight is 345 g/mol. The minimum Gasteiger partial charge on any atom is -0.0786 e. The molecule has 0 radical (unpaired) electrons. The van der Waals surface area contributed by atoms with Gasteiger partial charge in [0.05, 0.1) is 4.83 Å². The Morgan fingerprint density at radius 2 is 1.48 bits per heavy atom. The van der Waals surface area contributed by atoms with Gasteiger partial charge in [-0.1, -0.05) is 91.7 Å². The average Bonchev–Trinajstić information content (AvgIpc) is 2.45. The molecule has 1 atom stereocenters. The van der Waals surface area contributed by atoms with Gasteiger partial charge in [0, 0.05) is 0 Å². The van der Waals surface area contributed by atoms with E-state index in [4.69, 9.17) is 0 Å². The zero-order valence-corrected chi connectivity index (χ0v) is 15.2. The smallest absolute Gasteiger partial charge is 0.0647 e. The van der Waals surface area contributed by atoms with E-state index in [1.54, 1.807) is 0 Å². The largest absolute Gasteiger partial charge is 0.0786 e. The molecule has 2 aromatic carbocycles. The third-order valence-corrected chi connectivity index (χ3v) is 5.03. The molecule has 0 nitrogen and oxygen atoms in total. The van der Waals surface area contributed by atoms with Gasteiger partial charge in [0.15, 0.2) is 0 Å². The third-order valence-electron chi connectivity index (χ3n) is 4.01. The molecule has 1 heteroatoms. The second-order valence-corrected chi connectivity index (χ2v) is 7.39. The molecule has 0 saturated heterocycles. The summed E-state index contributed by atoms with van der Waals surface area (Å²) in [5.41, 5.74) is 6.90. The minimum atomic E-state index is 0.260. The molecule has 0 bridgehead atoms. The summed E-state index contributed by atoms with van der Waals surface area (Å²) >= 11 is 3.91. The second-order valence-electron chi connectivity index (χ2n) is 6.47. The molecule has 0 N–H and O–H groups in total. The maximum Gasteiger partial charge on any atom is 0.0647 e. The van der Waals surface area contributed by atoms with E-state index in [0.717, 1.165) is 0 Å². The highest BCUT2D eigenvalue weighted by Crippen LogP contribution is 2.37. The van der Waals surface area contributed by atoms with Gasteiger partial charge in [-0.2, -0.15) is 0 Å². The lowest BCUT2D eigenvalue weighted by atomic mass is 9.89. The van der Waals surface area contributed by atoms with Gasteiger partial charge in [-0.15, -0.1) is 0 Å². The molecule has 112 valence electrons. The van der Waals surface area contributed by atoms with Crippen LogP contribution in [0.4, 0.5) is 0 Å². The van der Waals surface area contributed by atoms with Crippen LogP contribution in [0.15, 0.2) is 42.5 Å². The molecule has 2 rings (SSSR count). The monoisotopic (exact) mass is 344 g/mol. The standard InChI is InChI=1S/C20H25Br/c1-13(2)16-9-10-18(19(12-16)14(3)4)20(21)17-8-6-7-15(5)11-17/h6-14,20H,1-5H3. The summed E-state index contributed by atoms with van der Waals surface area (Å²) in [6, 6.07) is 15.7. The van der Waals surface area contributed by atoms with Gasteiger partial charge in [-0.3, -0.25) is 0 Å². The Balaban J connectivity index is 2.47. The first-order valence-corrected chi connectivity index (χ1v) is 8.66. The summed E-state index contributed by atoms with van der Waals surface area (Å²) in [6.07, 6.45) is 0. The van der Waals surface area contributed by atoms with E-state index in [0.29, 0.717) is 11.8 Å². The molecule has 0 heterocycles. The Hall–Kier alpha value is -1.08. The lowest BCUT2D eigenvalue weighted by Crippen LogP contribution is -2.03. The van der Waals surface area contributed by atoms with Crippen molar-refractivity contribution in [2.24, 2.45) is 0 Å². The van der Waals surface area contributed by atoms with Crippen LogP contribution in [0.2, 0.25) is 0 Å². The number of hydrogen-bond acceptors (Lipinski definition) is 0. The molecule has 0 aliphatic heterocycles. The lowest BCUT2D eigenvalue weighted by Gasteiger charge is -2.20. The fraction of sp³-hybridized carbons (Fsp3) is 0.400. The van der Waals surface area contributed by atoms with Crippen molar-refractivity contribution in [1.82, 2.24) is 0 Å². The Kier molecular flexibility index (Phi) is 5.27. The predicted molar refractivity (Wildman–Crippen MR) is 96.6 cm³/mol. The van der Waals surface area contributed by atoms with Crippen LogP contribution in [0.3, 0.4) is 0 Å². The van der Waals surface area contributed by atoms with Crippen molar-refractivity contribution in [1.29, 1.82) is 0 Å². The van der Waals surface area contributed by atoms with Crippen molar-refractivity contribution in [2.45, 2.75) is 51.3 Å². The Labute approximate surface area is 137 Å². The van der Waals surface area contributed by atoms with Crippen LogP contribution < -0.4 is 0 Å². The van der Waals surface area contributed by atoms with Crippen molar-refractivity contribution in [3.05, 3.63) is 70.3 Å². The van der Waals surface area contributed by atoms with E-state index < -0.39 is 0 Å². The van der Waals surface area contributed by atoms with E-state index in [2.05, 4.69) is 93.0 Å². The summed E-state index contributed by atoms with van der Waals surface area (Å²) in [7, 11) is 0. The molecule has 0 saturated carbocycles. The first-order valence-electron chi connectivity index (χ1n) is 7.74. The van der Waals surface area contributed by atoms with Gasteiger partial charge in [-0.05, 0) is 41.0 Å². The number of benzene rings is 2. The molecule has 0 amide bonds. The van der Waals surface area contributed by atoms with Crippen LogP contribution in [0.25, 0.3) is 0 Å². The topological polar surface area (TPSA) is 0 Å². The Bertz CT molecular complexity index is 611. The quantitative estimate of drug-likeness (QED) is 0.539. The summed E-state index contributed by atoms with van der Waals surface area (Å²) in [5.74, 6) is 1.10. The van der Waals surface area contributed by atoms with E-state index in [-0.39, 0.29) is 4.83 Å². The molecule has 21 heavy (non-hydrogen) atoms. The SMILES string of the molecule is Cc1cccc(C(Br)c2ccc(C(C)C)cc2C(C)C)c1. The highest BCUT2D eigenvalue weighted by atomic mass is 79.9. The van der Waals surface area contributed by atoms with Gasteiger partial charge in [0.1, 0.15) is 0 Å². The molecule has 2 aromatic rings. The zero-order valence-electron chi connectivity index (χ0n) is 13.7. The number of halogens is 1. The first kappa shape index (κ1) is 16.3. The van der Waals surface area contributed by atoms with Crippen LogP contribution in [-0.2, 0) is 0 Å². The fourth-order valence-corrected chi connectivity index (χ4v) is 3.39. The fourth-order valence-electron chi connectivity index (χ4n) is 2.69. The van der Waals surface area contributed by atoms with Gasteiger partial charge in [0.2, 0.25) is 0 Å². The minimum absolute atomic E-state index is 0.260. The summed E-state index contributed by atoms with van der Waals surface area (Å²) in [6.45, 7) is 11.2. The van der Waals surface area contributed by atoms with Crippen molar-refractivity contribution in [3.8, 4) is 0 Å². The molecule has 0 aliphatic carbocycles. The normalized spacial score (nSPS) is 13.0. The summed E-state index contributed by atoms with van der Waals surface area (Å²) < 4.78 is 0. The van der Waals surface area contributed by atoms with E-state index >= 15 is 0 Å².